The fraction of sp³-hybridized carbons (Fsp3) is 0.200. The number of H-pyrrole nitrogens is 2. The van der Waals surface area contributed by atoms with Gasteiger partial charge in [0.25, 0.3) is 0 Å². The van der Waals surface area contributed by atoms with Gasteiger partial charge in [0.2, 0.25) is 0 Å². The molecule has 5 nitrogen and oxygen atoms in total. The van der Waals surface area contributed by atoms with Crippen molar-refractivity contribution in [3.8, 4) is 11.4 Å². The van der Waals surface area contributed by atoms with Crippen molar-refractivity contribution in [1.82, 2.24) is 15.2 Å². The van der Waals surface area contributed by atoms with E-state index in [0.29, 0.717) is 5.69 Å². The van der Waals surface area contributed by atoms with Crippen LogP contribution in [0.2, 0.25) is 0 Å². The van der Waals surface area contributed by atoms with Crippen LogP contribution in [0.25, 0.3) is 11.4 Å². The van der Waals surface area contributed by atoms with Crippen molar-refractivity contribution >= 4 is 5.97 Å². The predicted molar refractivity (Wildman–Crippen MR) is 54.8 cm³/mol. The summed E-state index contributed by atoms with van der Waals surface area (Å²) in [6, 6.07) is 3.45. The molecule has 5 heteroatoms. The van der Waals surface area contributed by atoms with Crippen molar-refractivity contribution in [2.24, 2.45) is 0 Å². The zero-order valence-electron chi connectivity index (χ0n) is 8.46. The molecule has 2 aromatic heterocycles. The third-order valence-electron chi connectivity index (χ3n) is 2.36. The van der Waals surface area contributed by atoms with Gasteiger partial charge in [0.1, 0.15) is 11.4 Å². The summed E-state index contributed by atoms with van der Waals surface area (Å²) in [7, 11) is 0. The van der Waals surface area contributed by atoms with Crippen molar-refractivity contribution < 1.29 is 9.90 Å². The molecule has 0 fully saturated rings. The highest BCUT2D eigenvalue weighted by atomic mass is 16.4. The molecule has 2 rings (SSSR count). The summed E-state index contributed by atoms with van der Waals surface area (Å²) in [6.07, 6.45) is 0. The van der Waals surface area contributed by atoms with E-state index >= 15 is 0 Å². The second-order valence-corrected chi connectivity index (χ2v) is 3.46. The molecule has 15 heavy (non-hydrogen) atoms. The number of nitrogens with zero attached hydrogens (tertiary/aromatic N) is 1. The number of carbonyl (C=O) groups is 1. The van der Waals surface area contributed by atoms with E-state index in [2.05, 4.69) is 15.2 Å². The number of nitrogens with one attached hydrogen (secondary N) is 2. The minimum Gasteiger partial charge on any atom is -0.477 e. The molecule has 0 bridgehead atoms. The third-order valence-corrected chi connectivity index (χ3v) is 2.36. The Morgan fingerprint density at radius 2 is 2.13 bits per heavy atom. The average molecular weight is 205 g/mol. The van der Waals surface area contributed by atoms with Crippen LogP contribution in [0.15, 0.2) is 12.1 Å². The van der Waals surface area contributed by atoms with Gasteiger partial charge in [-0.2, -0.15) is 5.10 Å². The highest BCUT2D eigenvalue weighted by molar-refractivity contribution is 5.86. The van der Waals surface area contributed by atoms with Crippen molar-refractivity contribution in [3.05, 3.63) is 29.1 Å². The van der Waals surface area contributed by atoms with Gasteiger partial charge in [0, 0.05) is 11.8 Å². The van der Waals surface area contributed by atoms with Crippen LogP contribution < -0.4 is 0 Å². The predicted octanol–water partition coefficient (Wildman–Crippen LogP) is 1.72. The van der Waals surface area contributed by atoms with E-state index in [1.807, 2.05) is 19.9 Å². The van der Waals surface area contributed by atoms with Crippen LogP contribution in [0.1, 0.15) is 21.7 Å². The molecule has 0 amide bonds. The van der Waals surface area contributed by atoms with Crippen LogP contribution in [0.4, 0.5) is 0 Å². The molecule has 0 aromatic carbocycles. The van der Waals surface area contributed by atoms with Gasteiger partial charge in [0.05, 0.1) is 5.69 Å². The number of aromatic amines is 2. The standard InChI is InChI=1S/C10H11N3O2/c1-5-3-7(11-6(5)2)8-4-9(10(14)15)13-12-8/h3-4,11H,1-2H3,(H,12,13)(H,14,15). The summed E-state index contributed by atoms with van der Waals surface area (Å²) in [5.74, 6) is -1.01. The SMILES string of the molecule is Cc1cc(-c2cc(C(=O)O)[nH]n2)[nH]c1C. The quantitative estimate of drug-likeness (QED) is 0.698. The van der Waals surface area contributed by atoms with Gasteiger partial charge in [-0.3, -0.25) is 5.10 Å². The molecule has 0 aliphatic heterocycles. The number of rotatable bonds is 2. The number of aryl methyl sites for hydroxylation is 2. The van der Waals surface area contributed by atoms with Crippen LogP contribution in [-0.2, 0) is 0 Å². The zero-order chi connectivity index (χ0) is 11.0. The van der Waals surface area contributed by atoms with Crippen LogP contribution in [0.3, 0.4) is 0 Å². The Kier molecular flexibility index (Phi) is 2.07. The highest BCUT2D eigenvalue weighted by Crippen LogP contribution is 2.19. The van der Waals surface area contributed by atoms with Crippen molar-refractivity contribution in [2.45, 2.75) is 13.8 Å². The lowest BCUT2D eigenvalue weighted by molar-refractivity contribution is 0.0690. The molecule has 0 aliphatic rings. The Morgan fingerprint density at radius 1 is 1.40 bits per heavy atom. The van der Waals surface area contributed by atoms with E-state index in [1.165, 1.54) is 6.07 Å². The molecular weight excluding hydrogens is 194 g/mol. The highest BCUT2D eigenvalue weighted by Gasteiger charge is 2.10. The Balaban J connectivity index is 2.41. The third kappa shape index (κ3) is 1.63. The second kappa shape index (κ2) is 3.27. The molecule has 3 N–H and O–H groups in total. The van der Waals surface area contributed by atoms with Gasteiger partial charge in [-0.1, -0.05) is 0 Å². The lowest BCUT2D eigenvalue weighted by atomic mass is 10.2. The number of hydrogen-bond donors (Lipinski definition) is 3. The van der Waals surface area contributed by atoms with E-state index in [-0.39, 0.29) is 5.69 Å². The minimum atomic E-state index is -1.01. The number of carboxylic acid groups (broad SMARTS) is 1. The largest absolute Gasteiger partial charge is 0.477 e. The maximum atomic E-state index is 10.6. The smallest absolute Gasteiger partial charge is 0.353 e. The lowest BCUT2D eigenvalue weighted by Gasteiger charge is -1.87. The monoisotopic (exact) mass is 205 g/mol. The zero-order valence-corrected chi connectivity index (χ0v) is 8.46. The average Bonchev–Trinajstić information content (AvgIpc) is 2.74. The molecule has 2 heterocycles. The molecule has 78 valence electrons. The maximum Gasteiger partial charge on any atom is 0.353 e. The molecule has 0 atom stereocenters. The maximum absolute atomic E-state index is 10.6. The number of carboxylic acids is 1. The van der Waals surface area contributed by atoms with E-state index in [4.69, 9.17) is 5.11 Å². The van der Waals surface area contributed by atoms with E-state index in [0.717, 1.165) is 17.0 Å². The summed E-state index contributed by atoms with van der Waals surface area (Å²) in [5.41, 5.74) is 3.72. The van der Waals surface area contributed by atoms with Crippen molar-refractivity contribution in [1.29, 1.82) is 0 Å². The van der Waals surface area contributed by atoms with E-state index < -0.39 is 5.97 Å². The lowest BCUT2D eigenvalue weighted by Crippen LogP contribution is -1.95. The van der Waals surface area contributed by atoms with Gasteiger partial charge >= 0.3 is 5.97 Å². The first-order chi connectivity index (χ1) is 7.08. The van der Waals surface area contributed by atoms with Gasteiger partial charge in [-0.25, -0.2) is 4.79 Å². The molecular formula is C10H11N3O2. The summed E-state index contributed by atoms with van der Waals surface area (Å²) in [6.45, 7) is 3.95. The Bertz CT molecular complexity index is 491. The minimum absolute atomic E-state index is 0.0925. The van der Waals surface area contributed by atoms with E-state index in [9.17, 15) is 4.79 Å². The normalized spacial score (nSPS) is 10.5. The van der Waals surface area contributed by atoms with Crippen LogP contribution in [0, 0.1) is 13.8 Å². The number of aromatic carboxylic acids is 1. The van der Waals surface area contributed by atoms with Gasteiger partial charge < -0.3 is 10.1 Å². The molecule has 0 radical (unpaired) electrons. The Labute approximate surface area is 86.1 Å². The van der Waals surface area contributed by atoms with Crippen LogP contribution >= 0.6 is 0 Å². The number of aromatic nitrogens is 3. The summed E-state index contributed by atoms with van der Waals surface area (Å²) in [5, 5.41) is 15.1. The first kappa shape index (κ1) is 9.51. The first-order valence-electron chi connectivity index (χ1n) is 4.53. The Hall–Kier alpha value is -2.04. The molecule has 2 aromatic rings. The molecule has 0 saturated carbocycles. The topological polar surface area (TPSA) is 81.8 Å². The van der Waals surface area contributed by atoms with E-state index in [1.54, 1.807) is 0 Å². The Morgan fingerprint density at radius 3 is 2.60 bits per heavy atom. The molecule has 0 unspecified atom stereocenters. The van der Waals surface area contributed by atoms with Crippen LogP contribution in [-0.4, -0.2) is 26.3 Å². The fourth-order valence-electron chi connectivity index (χ4n) is 1.37. The summed E-state index contributed by atoms with van der Waals surface area (Å²) < 4.78 is 0. The van der Waals surface area contributed by atoms with Gasteiger partial charge in [-0.15, -0.1) is 0 Å². The second-order valence-electron chi connectivity index (χ2n) is 3.46. The first-order valence-corrected chi connectivity index (χ1v) is 4.53. The van der Waals surface area contributed by atoms with Crippen LogP contribution in [0.5, 0.6) is 0 Å². The summed E-state index contributed by atoms with van der Waals surface area (Å²) >= 11 is 0. The van der Waals surface area contributed by atoms with Crippen molar-refractivity contribution in [2.75, 3.05) is 0 Å². The van der Waals surface area contributed by atoms with Gasteiger partial charge in [-0.05, 0) is 25.5 Å². The molecule has 0 aliphatic carbocycles. The molecule has 0 saturated heterocycles. The summed E-state index contributed by atoms with van der Waals surface area (Å²) in [4.78, 5) is 13.8. The molecule has 0 spiro atoms. The number of hydrogen-bond acceptors (Lipinski definition) is 2. The van der Waals surface area contributed by atoms with Gasteiger partial charge in [0.15, 0.2) is 0 Å². The van der Waals surface area contributed by atoms with Crippen molar-refractivity contribution in [3.63, 3.8) is 0 Å². The fourth-order valence-corrected chi connectivity index (χ4v) is 1.37.